The van der Waals surface area contributed by atoms with Gasteiger partial charge in [0.1, 0.15) is 12.5 Å². The van der Waals surface area contributed by atoms with E-state index in [1.54, 1.807) is 0 Å². The van der Waals surface area contributed by atoms with Crippen LogP contribution in [-0.2, 0) is 4.79 Å². The maximum atomic E-state index is 11.4. The van der Waals surface area contributed by atoms with Crippen LogP contribution in [0.25, 0.3) is 0 Å². The van der Waals surface area contributed by atoms with Crippen LogP contribution in [0.5, 0.6) is 0 Å². The van der Waals surface area contributed by atoms with Crippen molar-refractivity contribution < 1.29 is 4.79 Å². The van der Waals surface area contributed by atoms with E-state index in [9.17, 15) is 4.79 Å². The number of rotatable bonds is 0. The Labute approximate surface area is 76.3 Å². The van der Waals surface area contributed by atoms with Gasteiger partial charge in [-0.2, -0.15) is 0 Å². The maximum Gasteiger partial charge on any atom is 0.251 e. The zero-order chi connectivity index (χ0) is 9.42. The molecular formula is C8H12N4O. The highest BCUT2D eigenvalue weighted by Gasteiger charge is 2.30. The lowest BCUT2D eigenvalue weighted by molar-refractivity contribution is -0.121. The Balaban J connectivity index is 2.31. The van der Waals surface area contributed by atoms with Gasteiger partial charge in [-0.05, 0) is 13.8 Å². The quantitative estimate of drug-likeness (QED) is 0.461. The van der Waals surface area contributed by atoms with Crippen molar-refractivity contribution in [3.63, 3.8) is 0 Å². The Hall–Kier alpha value is -1.52. The van der Waals surface area contributed by atoms with Crippen LogP contribution >= 0.6 is 0 Å². The molecule has 0 saturated heterocycles. The highest BCUT2D eigenvalue weighted by atomic mass is 16.2. The Morgan fingerprint density at radius 2 is 2.15 bits per heavy atom. The van der Waals surface area contributed by atoms with Crippen LogP contribution in [-0.4, -0.2) is 24.5 Å². The average Bonchev–Trinajstić information content (AvgIpc) is 2.09. The second-order valence-corrected chi connectivity index (χ2v) is 3.19. The van der Waals surface area contributed by atoms with Gasteiger partial charge in [0.15, 0.2) is 6.04 Å². The Bertz CT molecular complexity index is 318. The topological polar surface area (TPSA) is 65.5 Å². The molecule has 0 fully saturated rings. The second kappa shape index (κ2) is 2.76. The number of nitrogens with zero attached hydrogens (tertiary/aromatic N) is 1. The molecule has 5 nitrogen and oxygen atoms in total. The van der Waals surface area contributed by atoms with Crippen molar-refractivity contribution in [2.75, 3.05) is 6.67 Å². The Kier molecular flexibility index (Phi) is 1.72. The monoisotopic (exact) mass is 180 g/mol. The fraction of sp³-hybridized carbons (Fsp3) is 0.500. The third-order valence-electron chi connectivity index (χ3n) is 2.28. The molecule has 2 rings (SSSR count). The number of hydrogen-bond acceptors (Lipinski definition) is 4. The van der Waals surface area contributed by atoms with Gasteiger partial charge < -0.3 is 16.0 Å². The second-order valence-electron chi connectivity index (χ2n) is 3.19. The number of amides is 1. The van der Waals surface area contributed by atoms with Gasteiger partial charge in [0, 0.05) is 11.4 Å². The molecule has 0 radical (unpaired) electrons. The minimum absolute atomic E-state index is 0.0237. The van der Waals surface area contributed by atoms with Crippen molar-refractivity contribution in [1.29, 1.82) is 0 Å². The molecule has 0 spiro atoms. The summed E-state index contributed by atoms with van der Waals surface area (Å²) in [4.78, 5) is 15.5. The van der Waals surface area contributed by atoms with Crippen molar-refractivity contribution in [2.45, 2.75) is 19.9 Å². The molecule has 3 N–H and O–H groups in total. The molecule has 0 aromatic heterocycles. The highest BCUT2D eigenvalue weighted by Crippen LogP contribution is 2.08. The largest absolute Gasteiger partial charge is 0.370 e. The van der Waals surface area contributed by atoms with Crippen molar-refractivity contribution in [3.8, 4) is 0 Å². The highest BCUT2D eigenvalue weighted by molar-refractivity contribution is 6.09. The zero-order valence-corrected chi connectivity index (χ0v) is 7.64. The van der Waals surface area contributed by atoms with Gasteiger partial charge in [0.2, 0.25) is 0 Å². The first-order valence-electron chi connectivity index (χ1n) is 4.21. The molecule has 1 amide bonds. The van der Waals surface area contributed by atoms with E-state index in [4.69, 9.17) is 0 Å². The van der Waals surface area contributed by atoms with E-state index in [0.29, 0.717) is 12.5 Å². The summed E-state index contributed by atoms with van der Waals surface area (Å²) in [6.45, 7) is 4.25. The van der Waals surface area contributed by atoms with Crippen LogP contribution in [0, 0.1) is 0 Å². The summed E-state index contributed by atoms with van der Waals surface area (Å²) in [6, 6.07) is -0.336. The lowest BCUT2D eigenvalue weighted by atomic mass is 10.1. The number of carbonyl (C=O) groups excluding carboxylic acids is 1. The average molecular weight is 180 g/mol. The molecule has 2 heterocycles. The van der Waals surface area contributed by atoms with Gasteiger partial charge in [-0.3, -0.25) is 4.79 Å². The lowest BCUT2D eigenvalue weighted by Gasteiger charge is -2.31. The van der Waals surface area contributed by atoms with Gasteiger partial charge in [-0.1, -0.05) is 0 Å². The van der Waals surface area contributed by atoms with Crippen molar-refractivity contribution in [3.05, 3.63) is 11.4 Å². The number of fused-ring (bicyclic) bond motifs is 1. The van der Waals surface area contributed by atoms with E-state index in [-0.39, 0.29) is 11.9 Å². The summed E-state index contributed by atoms with van der Waals surface area (Å²) in [6.07, 6.45) is 0. The molecule has 1 unspecified atom stereocenters. The summed E-state index contributed by atoms with van der Waals surface area (Å²) in [5.74, 6) is 0.691. The van der Waals surface area contributed by atoms with E-state index in [1.807, 2.05) is 13.8 Å². The minimum Gasteiger partial charge on any atom is -0.370 e. The molecule has 2 aliphatic rings. The summed E-state index contributed by atoms with van der Waals surface area (Å²) in [5, 5.41) is 8.86. The number of carbonyl (C=O) groups is 1. The number of hydrogen-bond donors (Lipinski definition) is 3. The third-order valence-corrected chi connectivity index (χ3v) is 2.28. The van der Waals surface area contributed by atoms with Gasteiger partial charge >= 0.3 is 0 Å². The normalized spacial score (nSPS) is 26.8. The predicted octanol–water partition coefficient (Wildman–Crippen LogP) is -0.715. The molecule has 13 heavy (non-hydrogen) atoms. The SMILES string of the molecule is CC1=C(C)NC2C(=O)NCN=C2N1. The van der Waals surface area contributed by atoms with Gasteiger partial charge in [0.05, 0.1) is 0 Å². The molecule has 1 atom stereocenters. The zero-order valence-electron chi connectivity index (χ0n) is 7.64. The minimum atomic E-state index is -0.336. The van der Waals surface area contributed by atoms with Crippen LogP contribution in [0.1, 0.15) is 13.8 Å². The van der Waals surface area contributed by atoms with Crippen LogP contribution in [0.3, 0.4) is 0 Å². The van der Waals surface area contributed by atoms with Gasteiger partial charge in [0.25, 0.3) is 5.91 Å². The fourth-order valence-electron chi connectivity index (χ4n) is 1.38. The van der Waals surface area contributed by atoms with E-state index >= 15 is 0 Å². The summed E-state index contributed by atoms with van der Waals surface area (Å²) >= 11 is 0. The smallest absolute Gasteiger partial charge is 0.251 e. The fourth-order valence-corrected chi connectivity index (χ4v) is 1.38. The number of nitrogens with one attached hydrogen (secondary N) is 3. The van der Waals surface area contributed by atoms with Crippen LogP contribution in [0.15, 0.2) is 16.4 Å². The first-order chi connectivity index (χ1) is 6.18. The van der Waals surface area contributed by atoms with Crippen LogP contribution < -0.4 is 16.0 Å². The van der Waals surface area contributed by atoms with Crippen molar-refractivity contribution in [1.82, 2.24) is 16.0 Å². The number of allylic oxidation sites excluding steroid dienone is 2. The van der Waals surface area contributed by atoms with E-state index in [1.165, 1.54) is 0 Å². The van der Waals surface area contributed by atoms with Crippen LogP contribution in [0.4, 0.5) is 0 Å². The first-order valence-corrected chi connectivity index (χ1v) is 4.21. The first kappa shape index (κ1) is 8.10. The molecule has 5 heteroatoms. The molecule has 0 aromatic carbocycles. The van der Waals surface area contributed by atoms with E-state index < -0.39 is 0 Å². The Morgan fingerprint density at radius 1 is 1.38 bits per heavy atom. The van der Waals surface area contributed by atoms with Crippen molar-refractivity contribution >= 4 is 11.7 Å². The Morgan fingerprint density at radius 3 is 2.92 bits per heavy atom. The predicted molar refractivity (Wildman–Crippen MR) is 48.9 cm³/mol. The number of aliphatic imine (C=N–C) groups is 1. The molecule has 70 valence electrons. The molecule has 2 aliphatic heterocycles. The van der Waals surface area contributed by atoms with Gasteiger partial charge in [-0.15, -0.1) is 0 Å². The third kappa shape index (κ3) is 1.26. The summed E-state index contributed by atoms with van der Waals surface area (Å²) < 4.78 is 0. The van der Waals surface area contributed by atoms with Gasteiger partial charge in [-0.25, -0.2) is 4.99 Å². The molecule has 0 aromatic rings. The summed E-state index contributed by atoms with van der Waals surface area (Å²) in [7, 11) is 0. The van der Waals surface area contributed by atoms with Crippen molar-refractivity contribution in [2.24, 2.45) is 4.99 Å². The maximum absolute atomic E-state index is 11.4. The lowest BCUT2D eigenvalue weighted by Crippen LogP contribution is -2.59. The van der Waals surface area contributed by atoms with Crippen LogP contribution in [0.2, 0.25) is 0 Å². The molecule has 0 aliphatic carbocycles. The molecule has 0 saturated carbocycles. The molecule has 0 bridgehead atoms. The number of amidine groups is 1. The molecular weight excluding hydrogens is 168 g/mol. The standard InChI is InChI=1S/C8H12N4O/c1-4-5(2)12-7-6(11-4)8(13)10-3-9-7/h6,11H,3H2,1-2H3,(H,9,12)(H,10,13). The summed E-state index contributed by atoms with van der Waals surface area (Å²) in [5.41, 5.74) is 2.01. The van der Waals surface area contributed by atoms with E-state index in [0.717, 1.165) is 11.4 Å². The van der Waals surface area contributed by atoms with E-state index in [2.05, 4.69) is 20.9 Å².